The summed E-state index contributed by atoms with van der Waals surface area (Å²) in [6.45, 7) is 5.79. The highest BCUT2D eigenvalue weighted by Crippen LogP contribution is 2.20. The second-order valence-electron chi connectivity index (χ2n) is 4.63. The molecule has 0 bridgehead atoms. The van der Waals surface area contributed by atoms with Crippen molar-refractivity contribution in [2.45, 2.75) is 19.4 Å². The lowest BCUT2D eigenvalue weighted by molar-refractivity contribution is 0.216. The molecule has 1 unspecified atom stereocenters. The van der Waals surface area contributed by atoms with Gasteiger partial charge in [-0.2, -0.15) is 5.26 Å². The molecule has 0 amide bonds. The molecule has 1 aromatic rings. The van der Waals surface area contributed by atoms with Gasteiger partial charge in [-0.1, -0.05) is 6.92 Å². The molecule has 0 saturated carbocycles. The summed E-state index contributed by atoms with van der Waals surface area (Å²) in [5.74, 6) is 0.642. The van der Waals surface area contributed by atoms with Crippen molar-refractivity contribution >= 4 is 5.69 Å². The van der Waals surface area contributed by atoms with Gasteiger partial charge in [0.2, 0.25) is 5.88 Å². The maximum atomic E-state index is 9.10. The summed E-state index contributed by atoms with van der Waals surface area (Å²) in [5, 5.41) is 9.10. The Kier molecular flexibility index (Phi) is 4.58. The summed E-state index contributed by atoms with van der Waals surface area (Å²) in [4.78, 5) is 8.69. The molecule has 1 saturated heterocycles. The smallest absolute Gasteiger partial charge is 0.214 e. The van der Waals surface area contributed by atoms with Crippen LogP contribution in [0, 0.1) is 11.3 Å². The van der Waals surface area contributed by atoms with Crippen LogP contribution in [0.2, 0.25) is 0 Å². The molecule has 19 heavy (non-hydrogen) atoms. The second kappa shape index (κ2) is 6.39. The summed E-state index contributed by atoms with van der Waals surface area (Å²) >= 11 is 0. The fourth-order valence-corrected chi connectivity index (χ4v) is 2.43. The van der Waals surface area contributed by atoms with E-state index < -0.39 is 0 Å². The van der Waals surface area contributed by atoms with Crippen LogP contribution in [0.15, 0.2) is 18.3 Å². The Morgan fingerprint density at radius 1 is 1.42 bits per heavy atom. The van der Waals surface area contributed by atoms with E-state index in [2.05, 4.69) is 27.8 Å². The molecule has 5 heteroatoms. The minimum atomic E-state index is 0.0501. The van der Waals surface area contributed by atoms with E-state index in [0.717, 1.165) is 38.3 Å². The first kappa shape index (κ1) is 13.6. The Balaban J connectivity index is 1.98. The predicted molar refractivity (Wildman–Crippen MR) is 74.3 cm³/mol. The largest absolute Gasteiger partial charge is 0.481 e. The van der Waals surface area contributed by atoms with Crippen LogP contribution >= 0.6 is 0 Å². The second-order valence-corrected chi connectivity index (χ2v) is 4.63. The molecular formula is C14H20N4O. The first-order chi connectivity index (χ1) is 9.28. The van der Waals surface area contributed by atoms with Crippen LogP contribution in [0.25, 0.3) is 0 Å². The molecule has 0 spiro atoms. The number of anilines is 1. The molecule has 5 nitrogen and oxygen atoms in total. The number of aromatic nitrogens is 1. The average molecular weight is 260 g/mol. The zero-order chi connectivity index (χ0) is 13.7. The van der Waals surface area contributed by atoms with Crippen LogP contribution in [0.3, 0.4) is 0 Å². The van der Waals surface area contributed by atoms with Gasteiger partial charge < -0.3 is 9.64 Å². The van der Waals surface area contributed by atoms with Gasteiger partial charge in [0.25, 0.3) is 0 Å². The highest BCUT2D eigenvalue weighted by Gasteiger charge is 2.22. The van der Waals surface area contributed by atoms with Crippen molar-refractivity contribution in [3.63, 3.8) is 0 Å². The predicted octanol–water partition coefficient (Wildman–Crippen LogP) is 1.51. The van der Waals surface area contributed by atoms with Crippen LogP contribution < -0.4 is 9.64 Å². The molecule has 1 aliphatic heterocycles. The van der Waals surface area contributed by atoms with Crippen LogP contribution in [-0.2, 0) is 0 Å². The summed E-state index contributed by atoms with van der Waals surface area (Å²) in [6, 6.07) is 6.38. The Bertz CT molecular complexity index is 449. The van der Waals surface area contributed by atoms with Crippen LogP contribution in [0.1, 0.15) is 13.3 Å². The summed E-state index contributed by atoms with van der Waals surface area (Å²) < 4.78 is 5.15. The minimum absolute atomic E-state index is 0.0501. The van der Waals surface area contributed by atoms with Gasteiger partial charge in [0, 0.05) is 44.1 Å². The maximum absolute atomic E-state index is 9.10. The van der Waals surface area contributed by atoms with E-state index >= 15 is 0 Å². The van der Waals surface area contributed by atoms with E-state index in [1.165, 1.54) is 0 Å². The van der Waals surface area contributed by atoms with Gasteiger partial charge in [-0.25, -0.2) is 4.98 Å². The Morgan fingerprint density at radius 3 is 2.74 bits per heavy atom. The molecule has 2 heterocycles. The Hall–Kier alpha value is -1.80. The zero-order valence-corrected chi connectivity index (χ0v) is 11.5. The van der Waals surface area contributed by atoms with Crippen LogP contribution in [0.5, 0.6) is 5.88 Å². The third kappa shape index (κ3) is 3.15. The van der Waals surface area contributed by atoms with E-state index in [0.29, 0.717) is 5.88 Å². The first-order valence-corrected chi connectivity index (χ1v) is 6.67. The highest BCUT2D eigenvalue weighted by atomic mass is 16.5. The fourth-order valence-electron chi connectivity index (χ4n) is 2.43. The molecule has 102 valence electrons. The van der Waals surface area contributed by atoms with E-state index in [-0.39, 0.29) is 6.04 Å². The standard InChI is InChI=1S/C14H20N4O/c1-3-12(11-15)17-6-8-18(9-7-17)13-4-5-16-14(10-13)19-2/h4-5,10,12H,3,6-9H2,1-2H3. The lowest BCUT2D eigenvalue weighted by Gasteiger charge is -2.37. The average Bonchev–Trinajstić information content (AvgIpc) is 2.49. The quantitative estimate of drug-likeness (QED) is 0.821. The summed E-state index contributed by atoms with van der Waals surface area (Å²) in [5.41, 5.74) is 1.14. The normalized spacial score (nSPS) is 17.8. The third-order valence-corrected chi connectivity index (χ3v) is 3.58. The van der Waals surface area contributed by atoms with Crippen molar-refractivity contribution in [2.24, 2.45) is 0 Å². The molecule has 1 fully saturated rings. The topological polar surface area (TPSA) is 52.4 Å². The van der Waals surface area contributed by atoms with Crippen molar-refractivity contribution in [3.8, 4) is 11.9 Å². The monoisotopic (exact) mass is 260 g/mol. The van der Waals surface area contributed by atoms with Gasteiger partial charge >= 0.3 is 0 Å². The third-order valence-electron chi connectivity index (χ3n) is 3.58. The first-order valence-electron chi connectivity index (χ1n) is 6.67. The molecule has 1 aliphatic rings. The van der Waals surface area contributed by atoms with Gasteiger partial charge in [-0.3, -0.25) is 4.90 Å². The van der Waals surface area contributed by atoms with Crippen molar-refractivity contribution < 1.29 is 4.74 Å². The van der Waals surface area contributed by atoms with Crippen molar-refractivity contribution in [2.75, 3.05) is 38.2 Å². The van der Waals surface area contributed by atoms with E-state index in [4.69, 9.17) is 10.00 Å². The molecule has 1 atom stereocenters. The van der Waals surface area contributed by atoms with Crippen LogP contribution in [-0.4, -0.2) is 49.2 Å². The van der Waals surface area contributed by atoms with Crippen molar-refractivity contribution in [1.29, 1.82) is 5.26 Å². The lowest BCUT2D eigenvalue weighted by atomic mass is 10.1. The number of ether oxygens (including phenoxy) is 1. The molecule has 0 N–H and O–H groups in total. The van der Waals surface area contributed by atoms with E-state index in [1.807, 2.05) is 12.1 Å². The number of nitrogens with zero attached hydrogens (tertiary/aromatic N) is 4. The number of methoxy groups -OCH3 is 1. The summed E-state index contributed by atoms with van der Waals surface area (Å²) in [7, 11) is 1.63. The molecule has 0 aliphatic carbocycles. The number of piperazine rings is 1. The number of hydrogen-bond donors (Lipinski definition) is 0. The lowest BCUT2D eigenvalue weighted by Crippen LogP contribution is -2.49. The maximum Gasteiger partial charge on any atom is 0.214 e. The number of pyridine rings is 1. The fraction of sp³-hybridized carbons (Fsp3) is 0.571. The molecule has 0 aromatic carbocycles. The Morgan fingerprint density at radius 2 is 2.16 bits per heavy atom. The molecular weight excluding hydrogens is 240 g/mol. The van der Waals surface area contributed by atoms with E-state index in [1.54, 1.807) is 13.3 Å². The van der Waals surface area contributed by atoms with Gasteiger partial charge in [-0.05, 0) is 12.5 Å². The minimum Gasteiger partial charge on any atom is -0.481 e. The SMILES string of the molecule is CCC(C#N)N1CCN(c2ccnc(OC)c2)CC1. The van der Waals surface area contributed by atoms with Gasteiger partial charge in [0.05, 0.1) is 19.2 Å². The number of nitriles is 1. The summed E-state index contributed by atoms with van der Waals surface area (Å²) in [6.07, 6.45) is 2.66. The molecule has 1 aromatic heterocycles. The van der Waals surface area contributed by atoms with Gasteiger partial charge in [0.1, 0.15) is 0 Å². The molecule has 2 rings (SSSR count). The zero-order valence-electron chi connectivity index (χ0n) is 11.5. The molecule has 0 radical (unpaired) electrons. The number of hydrogen-bond acceptors (Lipinski definition) is 5. The van der Waals surface area contributed by atoms with Crippen molar-refractivity contribution in [1.82, 2.24) is 9.88 Å². The van der Waals surface area contributed by atoms with Crippen molar-refractivity contribution in [3.05, 3.63) is 18.3 Å². The van der Waals surface area contributed by atoms with E-state index in [9.17, 15) is 0 Å². The number of rotatable bonds is 4. The highest BCUT2D eigenvalue weighted by molar-refractivity contribution is 5.48. The van der Waals surface area contributed by atoms with Gasteiger partial charge in [-0.15, -0.1) is 0 Å². The van der Waals surface area contributed by atoms with Gasteiger partial charge in [0.15, 0.2) is 0 Å². The Labute approximate surface area is 114 Å². The van der Waals surface area contributed by atoms with Crippen LogP contribution in [0.4, 0.5) is 5.69 Å².